The summed E-state index contributed by atoms with van der Waals surface area (Å²) >= 11 is 0. The summed E-state index contributed by atoms with van der Waals surface area (Å²) in [6.07, 6.45) is 4.04. The molecule has 0 unspecified atom stereocenters. The Morgan fingerprint density at radius 2 is 1.79 bits per heavy atom. The largest absolute Gasteiger partial charge is 0.361 e. The number of benzene rings is 1. The maximum atomic E-state index is 13.2. The molecule has 0 aliphatic carbocycles. The summed E-state index contributed by atoms with van der Waals surface area (Å²) in [5.74, 6) is -1.69. The molecule has 3 amide bonds. The molecule has 2 atom stereocenters. The number of aromatic nitrogens is 2. The van der Waals surface area contributed by atoms with Crippen LogP contribution in [0.4, 0.5) is 5.82 Å². The van der Waals surface area contributed by atoms with Gasteiger partial charge in [-0.2, -0.15) is 0 Å². The van der Waals surface area contributed by atoms with Gasteiger partial charge in [-0.15, -0.1) is 0 Å². The smallest absolute Gasteiger partial charge is 0.248 e. The van der Waals surface area contributed by atoms with Gasteiger partial charge in [0.2, 0.25) is 17.7 Å². The van der Waals surface area contributed by atoms with Crippen molar-refractivity contribution >= 4 is 46.4 Å². The van der Waals surface area contributed by atoms with Crippen LogP contribution in [0.2, 0.25) is 0 Å². The van der Waals surface area contributed by atoms with Crippen LogP contribution in [0.5, 0.6) is 0 Å². The Morgan fingerprint density at radius 3 is 2.50 bits per heavy atom. The van der Waals surface area contributed by atoms with Crippen LogP contribution < -0.4 is 16.0 Å². The lowest BCUT2D eigenvalue weighted by Crippen LogP contribution is -2.53. The third kappa shape index (κ3) is 6.58. The van der Waals surface area contributed by atoms with Crippen LogP contribution in [0.1, 0.15) is 25.3 Å². The Balaban J connectivity index is 1.78. The molecule has 1 aromatic carbocycles. The number of amides is 3. The highest BCUT2D eigenvalue weighted by molar-refractivity contribution is 6.26. The quantitative estimate of drug-likeness (QED) is 0.274. The van der Waals surface area contributed by atoms with E-state index in [1.165, 1.54) is 13.1 Å². The Hall–Kier alpha value is -4.34. The second-order valence-corrected chi connectivity index (χ2v) is 7.73. The molecule has 34 heavy (non-hydrogen) atoms. The number of rotatable bonds is 11. The molecule has 0 radical (unpaired) electrons. The molecule has 3 aromatic rings. The molecule has 176 valence electrons. The van der Waals surface area contributed by atoms with E-state index in [2.05, 4.69) is 25.9 Å². The van der Waals surface area contributed by atoms with Crippen LogP contribution in [0.15, 0.2) is 54.9 Å². The van der Waals surface area contributed by atoms with Crippen molar-refractivity contribution in [2.24, 2.45) is 0 Å². The molecular weight excluding hydrogens is 436 g/mol. The number of anilines is 1. The van der Waals surface area contributed by atoms with Crippen molar-refractivity contribution in [3.05, 3.63) is 60.4 Å². The van der Waals surface area contributed by atoms with Crippen molar-refractivity contribution in [2.75, 3.05) is 5.32 Å². The van der Waals surface area contributed by atoms with Gasteiger partial charge >= 0.3 is 0 Å². The maximum absolute atomic E-state index is 13.2. The molecule has 10 heteroatoms. The highest BCUT2D eigenvalue weighted by atomic mass is 16.2. The van der Waals surface area contributed by atoms with Gasteiger partial charge in [0.15, 0.2) is 5.78 Å². The zero-order valence-corrected chi connectivity index (χ0v) is 18.6. The third-order valence-electron chi connectivity index (χ3n) is 5.18. The minimum Gasteiger partial charge on any atom is -0.361 e. The lowest BCUT2D eigenvalue weighted by atomic mass is 10.0. The molecular formula is C24H26N6O4. The number of aromatic amines is 1. The summed E-state index contributed by atoms with van der Waals surface area (Å²) in [5, 5.41) is 15.9. The minimum atomic E-state index is -1.07. The van der Waals surface area contributed by atoms with Gasteiger partial charge < -0.3 is 26.3 Å². The number of hydrogen-bond acceptors (Lipinski definition) is 6. The zero-order valence-electron chi connectivity index (χ0n) is 18.6. The average Bonchev–Trinajstić information content (AvgIpc) is 3.24. The summed E-state index contributed by atoms with van der Waals surface area (Å²) in [4.78, 5) is 56.6. The monoisotopic (exact) mass is 462 g/mol. The fourth-order valence-corrected chi connectivity index (χ4v) is 3.52. The molecule has 0 bridgehead atoms. The van der Waals surface area contributed by atoms with E-state index in [0.717, 1.165) is 16.5 Å². The molecule has 3 rings (SSSR count). The molecule has 2 aromatic heterocycles. The average molecular weight is 463 g/mol. The second-order valence-electron chi connectivity index (χ2n) is 7.73. The van der Waals surface area contributed by atoms with Crippen molar-refractivity contribution in [1.82, 2.24) is 20.6 Å². The van der Waals surface area contributed by atoms with Crippen LogP contribution in [0.3, 0.4) is 0 Å². The van der Waals surface area contributed by atoms with Gasteiger partial charge in [0.1, 0.15) is 17.9 Å². The van der Waals surface area contributed by atoms with Crippen LogP contribution >= 0.6 is 0 Å². The number of pyridine rings is 1. The molecule has 0 spiro atoms. The van der Waals surface area contributed by atoms with Crippen molar-refractivity contribution in [3.63, 3.8) is 0 Å². The number of fused-ring (bicyclic) bond motifs is 1. The molecule has 0 saturated carbocycles. The maximum Gasteiger partial charge on any atom is 0.248 e. The molecule has 0 saturated heterocycles. The first-order chi connectivity index (χ1) is 16.4. The van der Waals surface area contributed by atoms with E-state index in [-0.39, 0.29) is 19.3 Å². The van der Waals surface area contributed by atoms with Gasteiger partial charge in [0.05, 0.1) is 6.21 Å². The number of Topliss-reactive ketones (excluding diaryl/α,β-unsaturated/α-hetero) is 1. The number of H-pyrrole nitrogens is 1. The molecule has 0 fully saturated rings. The van der Waals surface area contributed by atoms with Gasteiger partial charge in [-0.05, 0) is 30.2 Å². The van der Waals surface area contributed by atoms with Crippen LogP contribution in [-0.4, -0.2) is 51.8 Å². The number of carbonyl (C=O) groups is 4. The zero-order chi connectivity index (χ0) is 24.5. The predicted octanol–water partition coefficient (Wildman–Crippen LogP) is 1.73. The summed E-state index contributed by atoms with van der Waals surface area (Å²) in [7, 11) is 0. The van der Waals surface area contributed by atoms with E-state index in [4.69, 9.17) is 5.41 Å². The number of nitrogens with one attached hydrogen (secondary N) is 5. The normalized spacial score (nSPS) is 12.4. The fraction of sp³-hybridized carbons (Fsp3) is 0.250. The summed E-state index contributed by atoms with van der Waals surface area (Å²) in [5.41, 5.74) is 1.73. The van der Waals surface area contributed by atoms with E-state index in [1.54, 1.807) is 24.4 Å². The SMILES string of the molecule is CC(=O)N[C@@H](Cc1c[nH]c2ccccc12)C(=O)N[C@@H](CCC(=O)C=N)C(=O)Nc1ccccn1. The standard InChI is InChI=1S/C24H26N6O4/c1-15(31)28-21(12-16-14-27-19-7-3-2-6-18(16)19)24(34)29-20(10-9-17(32)13-25)23(33)30-22-8-4-5-11-26-22/h2-8,11,13-14,20-21,25,27H,9-10,12H2,1H3,(H,28,31)(H,29,34)(H,26,30,33)/t20-,21-/m0/s1. The lowest BCUT2D eigenvalue weighted by molar-refractivity contribution is -0.130. The van der Waals surface area contributed by atoms with Crippen molar-refractivity contribution < 1.29 is 19.2 Å². The number of carbonyl (C=O) groups excluding carboxylic acids is 4. The first kappa shape index (κ1) is 24.3. The van der Waals surface area contributed by atoms with E-state index in [9.17, 15) is 19.2 Å². The predicted molar refractivity (Wildman–Crippen MR) is 127 cm³/mol. The van der Waals surface area contributed by atoms with Gasteiger partial charge in [-0.25, -0.2) is 4.98 Å². The van der Waals surface area contributed by atoms with Crippen LogP contribution in [0, 0.1) is 5.41 Å². The third-order valence-corrected chi connectivity index (χ3v) is 5.18. The van der Waals surface area contributed by atoms with E-state index in [1.807, 2.05) is 24.3 Å². The lowest BCUT2D eigenvalue weighted by Gasteiger charge is -2.22. The van der Waals surface area contributed by atoms with Crippen molar-refractivity contribution in [2.45, 2.75) is 38.3 Å². The Labute approximate surface area is 196 Å². The van der Waals surface area contributed by atoms with E-state index in [0.29, 0.717) is 12.0 Å². The number of nitrogens with zero attached hydrogens (tertiary/aromatic N) is 1. The summed E-state index contributed by atoms with van der Waals surface area (Å²) in [6.45, 7) is 1.31. The first-order valence-corrected chi connectivity index (χ1v) is 10.7. The highest BCUT2D eigenvalue weighted by Crippen LogP contribution is 2.19. The van der Waals surface area contributed by atoms with E-state index >= 15 is 0 Å². The number of hydrogen-bond donors (Lipinski definition) is 5. The minimum absolute atomic E-state index is 0.0154. The van der Waals surface area contributed by atoms with Crippen LogP contribution in [0.25, 0.3) is 10.9 Å². The Kier molecular flexibility index (Phi) is 8.22. The molecule has 0 aliphatic rings. The fourth-order valence-electron chi connectivity index (χ4n) is 3.52. The number of para-hydroxylation sites is 1. The van der Waals surface area contributed by atoms with Gasteiger partial charge in [0, 0.05) is 43.1 Å². The Bertz CT molecular complexity index is 1190. The summed E-state index contributed by atoms with van der Waals surface area (Å²) < 4.78 is 0. The first-order valence-electron chi connectivity index (χ1n) is 10.7. The summed E-state index contributed by atoms with van der Waals surface area (Å²) in [6, 6.07) is 10.6. The van der Waals surface area contributed by atoms with Gasteiger partial charge in [-0.3, -0.25) is 19.2 Å². The second kappa shape index (κ2) is 11.5. The molecule has 0 aliphatic heterocycles. The molecule has 2 heterocycles. The van der Waals surface area contributed by atoms with E-state index < -0.39 is 35.6 Å². The number of ketones is 1. The van der Waals surface area contributed by atoms with Gasteiger partial charge in [0.25, 0.3) is 0 Å². The van der Waals surface area contributed by atoms with Gasteiger partial charge in [-0.1, -0.05) is 24.3 Å². The topological polar surface area (TPSA) is 157 Å². The van der Waals surface area contributed by atoms with Crippen molar-refractivity contribution in [3.8, 4) is 0 Å². The molecule has 10 nitrogen and oxygen atoms in total. The molecule has 5 N–H and O–H groups in total. The Morgan fingerprint density at radius 1 is 1.03 bits per heavy atom. The highest BCUT2D eigenvalue weighted by Gasteiger charge is 2.27. The van der Waals surface area contributed by atoms with Crippen LogP contribution in [-0.2, 0) is 25.6 Å². The van der Waals surface area contributed by atoms with Crippen molar-refractivity contribution in [1.29, 1.82) is 5.41 Å².